The van der Waals surface area contributed by atoms with Crippen molar-refractivity contribution in [2.75, 3.05) is 13.7 Å². The lowest BCUT2D eigenvalue weighted by molar-refractivity contribution is -0.247. The number of carbonyl (C=O) groups excluding carboxylic acids is 3. The fraction of sp³-hybridized carbons (Fsp3) is 0.203. The third-order valence-electron chi connectivity index (χ3n) is 15.3. The molecule has 5 aliphatic rings. The second-order valence-electron chi connectivity index (χ2n) is 20.0. The van der Waals surface area contributed by atoms with E-state index in [9.17, 15) is 39.9 Å². The number of nitrogens with two attached hydrogens (primary N) is 1. The number of hydrogen-bond donors (Lipinski definition) is 8. The molecule has 14 rings (SSSR count). The van der Waals surface area contributed by atoms with Gasteiger partial charge >= 0.3 is 0 Å². The molecule has 408 valence electrons. The van der Waals surface area contributed by atoms with Crippen LogP contribution in [-0.2, 0) is 20.7 Å². The van der Waals surface area contributed by atoms with Crippen LogP contribution in [0.3, 0.4) is 0 Å². The first kappa shape index (κ1) is 54.6. The van der Waals surface area contributed by atoms with Gasteiger partial charge in [-0.3, -0.25) is 14.4 Å². The van der Waals surface area contributed by atoms with Crippen LogP contribution in [0.1, 0.15) is 68.8 Å². The number of nitrogens with zero attached hydrogens (tertiary/aromatic N) is 6. The summed E-state index contributed by atoms with van der Waals surface area (Å²) in [5.74, 6) is -1.39. The van der Waals surface area contributed by atoms with Crippen molar-refractivity contribution < 1.29 is 54.1 Å². The second-order valence-corrected chi connectivity index (χ2v) is 20.0. The highest BCUT2D eigenvalue weighted by Crippen LogP contribution is 2.53. The van der Waals surface area contributed by atoms with Crippen molar-refractivity contribution in [3.63, 3.8) is 0 Å². The molecule has 0 unspecified atom stereocenters. The summed E-state index contributed by atoms with van der Waals surface area (Å²) < 4.78 is 17.0. The van der Waals surface area contributed by atoms with Crippen LogP contribution in [0.4, 0.5) is 0 Å². The maximum atomic E-state index is 13.6. The van der Waals surface area contributed by atoms with E-state index in [2.05, 4.69) is 9.97 Å². The van der Waals surface area contributed by atoms with Crippen LogP contribution in [-0.4, -0.2) is 144 Å². The number of nitrogens with one attached hydrogen (secondary N) is 2. The number of aliphatic hydroxyl groups excluding tert-OH is 2. The summed E-state index contributed by atoms with van der Waals surface area (Å²) in [5.41, 5.74) is 8.82. The highest BCUT2D eigenvalue weighted by molar-refractivity contribution is 6.31. The monoisotopic (exact) mass is 1120 g/mol. The Morgan fingerprint density at radius 2 is 1.11 bits per heavy atom. The molecule has 0 radical (unpaired) electrons. The smallest absolute Gasteiger partial charge is 0.202 e. The zero-order chi connectivity index (χ0) is 54.6. The van der Waals surface area contributed by atoms with Gasteiger partial charge in [-0.05, 0) is 13.0 Å². The van der Waals surface area contributed by atoms with E-state index in [-0.39, 0.29) is 64.2 Å². The number of phenolic OH excluding ortho intramolecular Hbond substituents is 2. The normalized spacial score (nSPS) is 20.3. The molecule has 6 atom stereocenters. The molecule has 9 N–H and O–H groups in total. The summed E-state index contributed by atoms with van der Waals surface area (Å²) in [6, 6.07) is 35.9. The Morgan fingerprint density at radius 1 is 0.667 bits per heavy atom. The number of ketones is 3. The molecule has 9 aromatic rings. The molecule has 3 aromatic heterocycles. The number of aromatic amines is 2. The first-order valence-corrected chi connectivity index (χ1v) is 25.4. The Balaban J connectivity index is 0.000000166. The third kappa shape index (κ3) is 8.90. The number of aromatic hydroxyl groups is 2. The largest absolute Gasteiger partial charge is 0.507 e. The van der Waals surface area contributed by atoms with Crippen LogP contribution in [0.25, 0.3) is 89.7 Å². The second kappa shape index (κ2) is 21.0. The van der Waals surface area contributed by atoms with Crippen molar-refractivity contribution in [2.24, 2.45) is 5.73 Å². The Kier molecular flexibility index (Phi) is 14.1. The van der Waals surface area contributed by atoms with Gasteiger partial charge in [-0.15, -0.1) is 12.4 Å². The van der Waals surface area contributed by atoms with Gasteiger partial charge in [0.15, 0.2) is 58.5 Å². The Morgan fingerprint density at radius 3 is 1.56 bits per heavy atom. The average molecular weight is 1120 g/mol. The molecule has 3 aliphatic heterocycles. The predicted molar refractivity (Wildman–Crippen MR) is 305 cm³/mol. The van der Waals surface area contributed by atoms with E-state index in [0.29, 0.717) is 45.9 Å². The summed E-state index contributed by atoms with van der Waals surface area (Å²) in [7, 11) is 1.32. The molecule has 20 nitrogen and oxygen atoms in total. The number of Topliss-reactive ketones (excluding diaryl/α,β-unsaturated/α-hetero) is 1. The molecule has 22 heteroatoms. The van der Waals surface area contributed by atoms with E-state index >= 15 is 0 Å². The average Bonchev–Trinajstić information content (AvgIpc) is 4.06. The van der Waals surface area contributed by atoms with E-state index in [4.69, 9.17) is 49.8 Å². The van der Waals surface area contributed by atoms with Gasteiger partial charge in [-0.25, -0.2) is 29.9 Å². The van der Waals surface area contributed by atoms with E-state index in [1.165, 1.54) is 25.3 Å². The summed E-state index contributed by atoms with van der Waals surface area (Å²) in [4.78, 5) is 76.5. The van der Waals surface area contributed by atoms with Crippen LogP contribution >= 0.6 is 12.4 Å². The maximum absolute atomic E-state index is 13.6. The Bertz CT molecular complexity index is 3960. The molecular formula is C59H51AlClN9O11. The maximum Gasteiger partial charge on any atom is 0.202 e. The standard InChI is InChI=1S/C32H18N8.C27H29NO11.Al.ClH.3H/c1-2-10-18-17(9-1)25-33-26(18)38-28-21-13-5-6-14-22(21)30(35-28)40-32-24-16-8-7-15-23(24)31(36-32)39-29-20-12-4-3-11-19(20)27(34-29)37-25;1-10-22(31)13(28)6-17(38-10)39-15-8-27(36,16(30)9-29)7-12-19(15)26(35)21-20(24(12)33)23(32)11-4-3-5-14(37-2)18(11)25(21)34;;;;;/h1-16H,(H2,33,34,35,36,37,38,39,40);3-5,10,13,15,17,22,29,31,33,35-36H,6-9,28H2,1-2H3;;1H;;;/t;10-,13-,15-,17-,22+,27-;;;;;/m.0...../s1. The summed E-state index contributed by atoms with van der Waals surface area (Å²) in [5, 5.41) is 57.5. The number of halogens is 1. The summed E-state index contributed by atoms with van der Waals surface area (Å²) >= 11 is 0. The molecular weight excluding hydrogens is 1070 g/mol. The molecule has 81 heavy (non-hydrogen) atoms. The number of rotatable bonds is 5. The minimum Gasteiger partial charge on any atom is -0.507 e. The number of methoxy groups -OCH3 is 1. The van der Waals surface area contributed by atoms with Crippen LogP contribution in [0.2, 0.25) is 0 Å². The zero-order valence-corrected chi connectivity index (χ0v) is 43.4. The molecule has 0 amide bonds. The number of aliphatic hydroxyl groups is 3. The van der Waals surface area contributed by atoms with E-state index in [1.807, 2.05) is 97.1 Å². The predicted octanol–water partition coefficient (Wildman–Crippen LogP) is 6.11. The van der Waals surface area contributed by atoms with Gasteiger partial charge < -0.3 is 55.4 Å². The highest BCUT2D eigenvalue weighted by atomic mass is 35.5. The third-order valence-corrected chi connectivity index (χ3v) is 15.3. The lowest BCUT2D eigenvalue weighted by Gasteiger charge is -2.42. The van der Waals surface area contributed by atoms with Crippen molar-refractivity contribution >= 4 is 91.3 Å². The molecule has 0 saturated carbocycles. The Labute approximate surface area is 476 Å². The number of phenols is 2. The van der Waals surface area contributed by atoms with Gasteiger partial charge in [0.05, 0.1) is 42.1 Å². The molecule has 8 bridgehead atoms. The summed E-state index contributed by atoms with van der Waals surface area (Å²) in [6.45, 7) is 0.560. The van der Waals surface area contributed by atoms with Gasteiger partial charge in [0, 0.05) is 85.8 Å². The first-order valence-electron chi connectivity index (χ1n) is 25.4. The van der Waals surface area contributed by atoms with E-state index in [1.54, 1.807) is 6.92 Å². The SMILES string of the molecule is COc1cccc2c1C(=O)c1c(O)c3c(c(O)c1C2=O)C[C@@](O)(C(=O)CO)C[C@@H]3O[C@H]1C[C@H](N)[C@H](O)[C@H](C)O1.Cl.[AlH3].c1ccc2c(c1)-c1nc-2nc2[nH]c(nc3nc(nc4[nH]c(n1)c1ccccc41)-c1ccccc1-3)c1ccccc21. The number of carbonyl (C=O) groups is 3. The Hall–Kier alpha value is -8.33. The van der Waals surface area contributed by atoms with Crippen LogP contribution < -0.4 is 10.5 Å². The number of benzene rings is 6. The number of aromatic nitrogens is 8. The molecule has 1 saturated heterocycles. The van der Waals surface area contributed by atoms with Gasteiger partial charge in [0.25, 0.3) is 0 Å². The number of fused-ring (bicyclic) bond motifs is 23. The molecule has 0 spiro atoms. The van der Waals surface area contributed by atoms with Gasteiger partial charge in [-0.2, -0.15) is 0 Å². The van der Waals surface area contributed by atoms with Crippen molar-refractivity contribution in [3.8, 4) is 62.8 Å². The molecule has 6 aromatic carbocycles. The van der Waals surface area contributed by atoms with Crippen LogP contribution in [0, 0.1) is 0 Å². The van der Waals surface area contributed by atoms with Gasteiger partial charge in [0.2, 0.25) is 5.78 Å². The van der Waals surface area contributed by atoms with Crippen LogP contribution in [0.5, 0.6) is 17.2 Å². The van der Waals surface area contributed by atoms with E-state index < -0.39 is 95.7 Å². The summed E-state index contributed by atoms with van der Waals surface area (Å²) in [6.07, 6.45) is -5.12. The number of ether oxygens (including phenoxy) is 3. The van der Waals surface area contributed by atoms with E-state index in [0.717, 1.165) is 43.8 Å². The molecule has 1 fully saturated rings. The topological polar surface area (TPSA) is 315 Å². The van der Waals surface area contributed by atoms with Crippen molar-refractivity contribution in [3.05, 3.63) is 149 Å². The lowest BCUT2D eigenvalue weighted by Crippen LogP contribution is -2.53. The van der Waals surface area contributed by atoms with Crippen molar-refractivity contribution in [1.29, 1.82) is 0 Å². The minimum atomic E-state index is -2.24. The molecule has 6 heterocycles. The van der Waals surface area contributed by atoms with Crippen molar-refractivity contribution in [1.82, 2.24) is 39.9 Å². The number of hydrogen-bond acceptors (Lipinski definition) is 18. The molecule has 2 aliphatic carbocycles. The fourth-order valence-electron chi connectivity index (χ4n) is 11.3. The highest BCUT2D eigenvalue weighted by Gasteiger charge is 2.50. The zero-order valence-electron chi connectivity index (χ0n) is 42.5. The number of H-pyrrole nitrogens is 2. The van der Waals surface area contributed by atoms with Crippen LogP contribution in [0.15, 0.2) is 115 Å². The van der Waals surface area contributed by atoms with Crippen molar-refractivity contribution in [2.45, 2.75) is 62.4 Å². The first-order chi connectivity index (χ1) is 38.2. The van der Waals surface area contributed by atoms with Gasteiger partial charge in [0.1, 0.15) is 52.0 Å². The minimum absolute atomic E-state index is 0. The lowest BCUT2D eigenvalue weighted by atomic mass is 9.72. The quantitative estimate of drug-likeness (QED) is 0.0712. The fourth-order valence-corrected chi connectivity index (χ4v) is 11.3. The van der Waals surface area contributed by atoms with Gasteiger partial charge in [-0.1, -0.05) is 109 Å².